The van der Waals surface area contributed by atoms with Crippen molar-refractivity contribution in [3.63, 3.8) is 0 Å². The zero-order chi connectivity index (χ0) is 31.2. The third-order valence-corrected chi connectivity index (χ3v) is 8.23. The maximum Gasteiger partial charge on any atom is 0.322 e. The zero-order valence-corrected chi connectivity index (χ0v) is 25.1. The molecule has 6 rings (SSSR count). The quantitative estimate of drug-likeness (QED) is 0.282. The molecule has 45 heavy (non-hydrogen) atoms. The molecular formula is C34H35N7O4. The van der Waals surface area contributed by atoms with E-state index in [0.29, 0.717) is 25.7 Å². The zero-order valence-electron chi connectivity index (χ0n) is 25.1. The summed E-state index contributed by atoms with van der Waals surface area (Å²) in [6.07, 6.45) is 6.34. The highest BCUT2D eigenvalue weighted by Crippen LogP contribution is 2.31. The molecular weight excluding hydrogens is 570 g/mol. The van der Waals surface area contributed by atoms with E-state index >= 15 is 0 Å². The Morgan fingerprint density at radius 1 is 1.04 bits per heavy atom. The van der Waals surface area contributed by atoms with E-state index in [0.717, 1.165) is 48.1 Å². The number of nitrogens with one attached hydrogen (secondary N) is 2. The standard InChI is InChI=1S/C34H35N7O4/c1-40-20-25(9-16-31(40)42)24-7-12-28(13-8-24)41(34(43)37-18-23-5-3-2-4-6-23)29-14-10-27(11-15-29)38-33-36-19-26(17-35)32(39-33)45-30-21-44-22-30/h2-9,12-13,16,19-20,27,29-30H,10-11,14-15,18,21-22H2,1H3,(H,37,43)(H,36,38,39). The van der Waals surface area contributed by atoms with Gasteiger partial charge in [-0.25, -0.2) is 9.78 Å². The summed E-state index contributed by atoms with van der Waals surface area (Å²) in [5.41, 5.74) is 3.94. The normalized spacial score (nSPS) is 17.9. The minimum atomic E-state index is -0.151. The number of benzene rings is 2. The van der Waals surface area contributed by atoms with Crippen LogP contribution in [0.1, 0.15) is 36.8 Å². The number of hydrogen-bond donors (Lipinski definition) is 2. The highest BCUT2D eigenvalue weighted by atomic mass is 16.6. The number of hydrogen-bond acceptors (Lipinski definition) is 8. The van der Waals surface area contributed by atoms with Crippen LogP contribution in [-0.4, -0.2) is 52.0 Å². The van der Waals surface area contributed by atoms with Crippen LogP contribution in [0.2, 0.25) is 0 Å². The van der Waals surface area contributed by atoms with Gasteiger partial charge in [-0.05, 0) is 60.6 Å². The van der Waals surface area contributed by atoms with Crippen molar-refractivity contribution in [3.8, 4) is 23.1 Å². The van der Waals surface area contributed by atoms with Gasteiger partial charge >= 0.3 is 6.03 Å². The molecule has 0 bridgehead atoms. The van der Waals surface area contributed by atoms with E-state index in [2.05, 4.69) is 26.7 Å². The number of ether oxygens (including phenoxy) is 2. The van der Waals surface area contributed by atoms with Crippen LogP contribution in [0, 0.1) is 11.3 Å². The van der Waals surface area contributed by atoms with Gasteiger partial charge in [0.25, 0.3) is 0 Å². The van der Waals surface area contributed by atoms with Crippen molar-refractivity contribution in [1.82, 2.24) is 19.9 Å². The first-order valence-electron chi connectivity index (χ1n) is 15.1. The monoisotopic (exact) mass is 605 g/mol. The highest BCUT2D eigenvalue weighted by Gasteiger charge is 2.31. The SMILES string of the molecule is Cn1cc(-c2ccc(N(C(=O)NCc3ccccc3)C3CCC(Nc4ncc(C#N)c(OC5COC5)n4)CC3)cc2)ccc1=O. The molecule has 1 aliphatic carbocycles. The van der Waals surface area contributed by atoms with Crippen molar-refractivity contribution in [2.24, 2.45) is 7.05 Å². The van der Waals surface area contributed by atoms with Crippen LogP contribution >= 0.6 is 0 Å². The number of nitriles is 1. The smallest absolute Gasteiger partial charge is 0.322 e. The van der Waals surface area contributed by atoms with E-state index in [1.807, 2.05) is 71.8 Å². The number of nitrogens with zero attached hydrogens (tertiary/aromatic N) is 5. The lowest BCUT2D eigenvalue weighted by Crippen LogP contribution is -2.48. The lowest BCUT2D eigenvalue weighted by molar-refractivity contribution is -0.0814. The van der Waals surface area contributed by atoms with E-state index in [4.69, 9.17) is 9.47 Å². The maximum absolute atomic E-state index is 13.7. The van der Waals surface area contributed by atoms with E-state index in [1.54, 1.807) is 17.7 Å². The Morgan fingerprint density at radius 3 is 2.44 bits per heavy atom. The second-order valence-corrected chi connectivity index (χ2v) is 11.4. The van der Waals surface area contributed by atoms with Gasteiger partial charge in [-0.15, -0.1) is 0 Å². The maximum atomic E-state index is 13.7. The number of urea groups is 1. The highest BCUT2D eigenvalue weighted by molar-refractivity contribution is 5.93. The molecule has 0 unspecified atom stereocenters. The fraction of sp³-hybridized carbons (Fsp3) is 0.324. The molecule has 2 fully saturated rings. The van der Waals surface area contributed by atoms with Crippen molar-refractivity contribution >= 4 is 17.7 Å². The van der Waals surface area contributed by atoms with Crippen LogP contribution in [0.15, 0.2) is 83.9 Å². The van der Waals surface area contributed by atoms with Crippen LogP contribution in [-0.2, 0) is 18.3 Å². The predicted octanol–water partition coefficient (Wildman–Crippen LogP) is 4.63. The first kappa shape index (κ1) is 29.8. The molecule has 2 aromatic heterocycles. The van der Waals surface area contributed by atoms with E-state index in [9.17, 15) is 14.9 Å². The topological polar surface area (TPSA) is 134 Å². The van der Waals surface area contributed by atoms with Gasteiger partial charge in [0.15, 0.2) is 0 Å². The summed E-state index contributed by atoms with van der Waals surface area (Å²) in [4.78, 5) is 36.3. The van der Waals surface area contributed by atoms with Gasteiger partial charge in [0.1, 0.15) is 17.7 Å². The van der Waals surface area contributed by atoms with Crippen LogP contribution < -0.4 is 25.8 Å². The van der Waals surface area contributed by atoms with Gasteiger partial charge in [0, 0.05) is 43.6 Å². The molecule has 11 heteroatoms. The number of aromatic nitrogens is 3. The molecule has 2 aliphatic rings. The summed E-state index contributed by atoms with van der Waals surface area (Å²) >= 11 is 0. The molecule has 1 aliphatic heterocycles. The summed E-state index contributed by atoms with van der Waals surface area (Å²) in [6.45, 7) is 1.39. The summed E-state index contributed by atoms with van der Waals surface area (Å²) in [5.74, 6) is 0.679. The van der Waals surface area contributed by atoms with Crippen LogP contribution in [0.3, 0.4) is 0 Å². The number of pyridine rings is 1. The fourth-order valence-electron chi connectivity index (χ4n) is 5.63. The van der Waals surface area contributed by atoms with Crippen LogP contribution in [0.4, 0.5) is 16.4 Å². The summed E-state index contributed by atoms with van der Waals surface area (Å²) < 4.78 is 12.6. The number of rotatable bonds is 9. The van der Waals surface area contributed by atoms with Gasteiger partial charge in [-0.2, -0.15) is 10.2 Å². The number of carbonyl (C=O) groups is 1. The van der Waals surface area contributed by atoms with E-state index < -0.39 is 0 Å². The third kappa shape index (κ3) is 7.13. The molecule has 3 heterocycles. The Bertz CT molecular complexity index is 1720. The molecule has 230 valence electrons. The molecule has 11 nitrogen and oxygen atoms in total. The van der Waals surface area contributed by atoms with Crippen LogP contribution in [0.5, 0.6) is 5.88 Å². The predicted molar refractivity (Wildman–Crippen MR) is 170 cm³/mol. The fourth-order valence-corrected chi connectivity index (χ4v) is 5.63. The van der Waals surface area contributed by atoms with Crippen molar-refractivity contribution < 1.29 is 14.3 Å². The van der Waals surface area contributed by atoms with E-state index in [1.165, 1.54) is 6.20 Å². The van der Waals surface area contributed by atoms with Gasteiger partial charge < -0.3 is 24.7 Å². The molecule has 0 radical (unpaired) electrons. The lowest BCUT2D eigenvalue weighted by atomic mass is 9.90. The number of amides is 2. The molecule has 1 saturated carbocycles. The molecule has 4 aromatic rings. The minimum Gasteiger partial charge on any atom is -0.468 e. The number of carbonyl (C=O) groups excluding carboxylic acids is 1. The van der Waals surface area contributed by atoms with Gasteiger partial charge in [0.05, 0.1) is 19.4 Å². The van der Waals surface area contributed by atoms with Crippen LogP contribution in [0.25, 0.3) is 11.1 Å². The van der Waals surface area contributed by atoms with Crippen molar-refractivity contribution in [3.05, 3.63) is 101 Å². The third-order valence-electron chi connectivity index (χ3n) is 8.23. The molecule has 0 atom stereocenters. The largest absolute Gasteiger partial charge is 0.468 e. The molecule has 1 saturated heterocycles. The molecule has 2 aromatic carbocycles. The molecule has 0 spiro atoms. The molecule has 2 N–H and O–H groups in total. The van der Waals surface area contributed by atoms with Gasteiger partial charge in [-0.3, -0.25) is 9.69 Å². The first-order chi connectivity index (χ1) is 22.0. The Hall–Kier alpha value is -5.21. The van der Waals surface area contributed by atoms with E-state index in [-0.39, 0.29) is 41.2 Å². The number of anilines is 2. The van der Waals surface area contributed by atoms with Crippen molar-refractivity contribution in [2.75, 3.05) is 23.4 Å². The average molecular weight is 606 g/mol. The lowest BCUT2D eigenvalue weighted by Gasteiger charge is -2.37. The Balaban J connectivity index is 1.16. The van der Waals surface area contributed by atoms with Gasteiger partial charge in [-0.1, -0.05) is 42.5 Å². The molecule has 2 amide bonds. The first-order valence-corrected chi connectivity index (χ1v) is 15.1. The number of aryl methyl sites for hydroxylation is 1. The van der Waals surface area contributed by atoms with Crippen molar-refractivity contribution in [1.29, 1.82) is 5.26 Å². The Morgan fingerprint density at radius 2 is 1.78 bits per heavy atom. The summed E-state index contributed by atoms with van der Waals surface area (Å²) in [5, 5.41) is 16.0. The Kier molecular flexibility index (Phi) is 9.03. The summed E-state index contributed by atoms with van der Waals surface area (Å²) in [7, 11) is 1.73. The second-order valence-electron chi connectivity index (χ2n) is 11.4. The average Bonchev–Trinajstić information content (AvgIpc) is 3.05. The minimum absolute atomic E-state index is 0.0124. The second kappa shape index (κ2) is 13.6. The summed E-state index contributed by atoms with van der Waals surface area (Å²) in [6, 6.07) is 23.1. The Labute approximate surface area is 261 Å². The van der Waals surface area contributed by atoms with Crippen molar-refractivity contribution in [2.45, 2.75) is 50.4 Å². The van der Waals surface area contributed by atoms with Gasteiger partial charge in [0.2, 0.25) is 17.4 Å².